The number of rotatable bonds is 13. The lowest BCUT2D eigenvalue weighted by atomic mass is 9.88. The van der Waals surface area contributed by atoms with E-state index in [4.69, 9.17) is 9.57 Å². The first kappa shape index (κ1) is 30.2. The van der Waals surface area contributed by atoms with Crippen LogP contribution in [-0.4, -0.2) is 45.1 Å². The number of oxime groups is 1. The predicted molar refractivity (Wildman–Crippen MR) is 145 cm³/mol. The van der Waals surface area contributed by atoms with Crippen molar-refractivity contribution in [1.82, 2.24) is 4.72 Å². The molecule has 0 bridgehead atoms. The monoisotopic (exact) mass is 530 g/mol. The molecule has 0 fully saturated rings. The highest BCUT2D eigenvalue weighted by Gasteiger charge is 2.31. The molecule has 0 heterocycles. The summed E-state index contributed by atoms with van der Waals surface area (Å²) in [5.41, 5.74) is 1.38. The quantitative estimate of drug-likeness (QED) is 0.224. The summed E-state index contributed by atoms with van der Waals surface area (Å²) in [6, 6.07) is 14.1. The van der Waals surface area contributed by atoms with E-state index in [9.17, 15) is 18.0 Å². The Morgan fingerprint density at radius 2 is 1.68 bits per heavy atom. The zero-order valence-corrected chi connectivity index (χ0v) is 23.4. The predicted octanol–water partition coefficient (Wildman–Crippen LogP) is 4.91. The van der Waals surface area contributed by atoms with Gasteiger partial charge in [-0.15, -0.1) is 0 Å². The van der Waals surface area contributed by atoms with Gasteiger partial charge >= 0.3 is 5.97 Å². The number of ether oxygens (including phenoxy) is 1. The number of hydrogen-bond donors (Lipinski definition) is 1. The summed E-state index contributed by atoms with van der Waals surface area (Å²) in [5.74, 6) is -1.61. The summed E-state index contributed by atoms with van der Waals surface area (Å²) in [7, 11) is -2.43. The van der Waals surface area contributed by atoms with Crippen molar-refractivity contribution in [3.63, 3.8) is 0 Å². The minimum atomic E-state index is -3.75. The first-order valence-electron chi connectivity index (χ1n) is 12.5. The number of hydrogen-bond acceptors (Lipinski definition) is 7. The Kier molecular flexibility index (Phi) is 11.0. The van der Waals surface area contributed by atoms with Crippen molar-refractivity contribution < 1.29 is 27.6 Å². The normalized spacial score (nSPS) is 13.2. The SMILES string of the molecule is CCCCC(=O)C(Cc1ccc(-c2ccccc2S(=O)(=O)NC(C)(C)C)cc1)C(=NOC)C(=O)OCC. The largest absolute Gasteiger partial charge is 0.461 e. The van der Waals surface area contributed by atoms with Crippen LogP contribution in [0.4, 0.5) is 0 Å². The molecule has 0 aliphatic carbocycles. The highest BCUT2D eigenvalue weighted by atomic mass is 32.2. The lowest BCUT2D eigenvalue weighted by Gasteiger charge is -2.21. The van der Waals surface area contributed by atoms with Crippen LogP contribution in [0.15, 0.2) is 58.6 Å². The number of esters is 1. The van der Waals surface area contributed by atoms with Crippen LogP contribution in [0, 0.1) is 5.92 Å². The summed E-state index contributed by atoms with van der Waals surface area (Å²) in [4.78, 5) is 30.7. The molecule has 2 aromatic carbocycles. The summed E-state index contributed by atoms with van der Waals surface area (Å²) < 4.78 is 33.9. The van der Waals surface area contributed by atoms with Gasteiger partial charge in [0.1, 0.15) is 12.9 Å². The smallest absolute Gasteiger partial charge is 0.356 e. The van der Waals surface area contributed by atoms with Gasteiger partial charge in [-0.3, -0.25) is 4.79 Å². The molecule has 0 saturated carbocycles. The van der Waals surface area contributed by atoms with Crippen LogP contribution < -0.4 is 4.72 Å². The van der Waals surface area contributed by atoms with Gasteiger partial charge in [0.15, 0.2) is 5.71 Å². The number of carbonyl (C=O) groups is 2. The zero-order valence-electron chi connectivity index (χ0n) is 22.5. The Morgan fingerprint density at radius 3 is 2.24 bits per heavy atom. The number of ketones is 1. The van der Waals surface area contributed by atoms with Gasteiger partial charge in [-0.25, -0.2) is 17.9 Å². The molecule has 0 aliphatic heterocycles. The second-order valence-electron chi connectivity index (χ2n) is 9.75. The maximum atomic E-state index is 13.1. The second kappa shape index (κ2) is 13.5. The molecule has 0 aromatic heterocycles. The van der Waals surface area contributed by atoms with Gasteiger partial charge < -0.3 is 9.57 Å². The minimum absolute atomic E-state index is 0.0563. The van der Waals surface area contributed by atoms with E-state index in [0.29, 0.717) is 24.0 Å². The number of unbranched alkanes of at least 4 members (excludes halogenated alkanes) is 1. The van der Waals surface area contributed by atoms with Crippen molar-refractivity contribution in [2.45, 2.75) is 70.7 Å². The highest BCUT2D eigenvalue weighted by Crippen LogP contribution is 2.29. The van der Waals surface area contributed by atoms with Crippen molar-refractivity contribution in [3.05, 3.63) is 54.1 Å². The number of Topliss-reactive ketones (excluding diaryl/α,β-unsaturated/α-hetero) is 1. The third-order valence-electron chi connectivity index (χ3n) is 5.49. The number of carbonyl (C=O) groups excluding carboxylic acids is 2. The van der Waals surface area contributed by atoms with Crippen LogP contribution in [0.1, 0.15) is 59.4 Å². The molecule has 0 spiro atoms. The molecule has 9 heteroatoms. The molecular weight excluding hydrogens is 492 g/mol. The van der Waals surface area contributed by atoms with Crippen molar-refractivity contribution >= 4 is 27.5 Å². The average molecular weight is 531 g/mol. The zero-order chi connectivity index (χ0) is 27.6. The number of sulfonamides is 1. The van der Waals surface area contributed by atoms with E-state index in [1.807, 2.05) is 31.2 Å². The van der Waals surface area contributed by atoms with Gasteiger partial charge in [0.2, 0.25) is 10.0 Å². The third kappa shape index (κ3) is 8.79. The van der Waals surface area contributed by atoms with Gasteiger partial charge in [0.05, 0.1) is 17.4 Å². The standard InChI is InChI=1S/C28H38N2O6S/c1-7-9-13-24(31)23(26(29-35-6)27(32)36-8-2)19-20-15-17-21(18-16-20)22-12-10-11-14-25(22)37(33,34)30-28(3,4)5/h10-12,14-18,23,30H,7-9,13,19H2,1-6H3. The van der Waals surface area contributed by atoms with Gasteiger partial charge in [-0.2, -0.15) is 0 Å². The van der Waals surface area contributed by atoms with E-state index in [1.54, 1.807) is 52.0 Å². The summed E-state index contributed by atoms with van der Waals surface area (Å²) >= 11 is 0. The summed E-state index contributed by atoms with van der Waals surface area (Å²) in [6.45, 7) is 9.20. The molecule has 0 aliphatic rings. The summed E-state index contributed by atoms with van der Waals surface area (Å²) in [6.07, 6.45) is 2.09. The lowest BCUT2D eigenvalue weighted by molar-refractivity contribution is -0.136. The van der Waals surface area contributed by atoms with Crippen LogP contribution in [0.5, 0.6) is 0 Å². The molecule has 0 saturated heterocycles. The van der Waals surface area contributed by atoms with Crippen molar-refractivity contribution in [3.8, 4) is 11.1 Å². The minimum Gasteiger partial charge on any atom is -0.461 e. The first-order valence-corrected chi connectivity index (χ1v) is 13.9. The number of benzene rings is 2. The molecule has 1 atom stereocenters. The lowest BCUT2D eigenvalue weighted by Crippen LogP contribution is -2.40. The highest BCUT2D eigenvalue weighted by molar-refractivity contribution is 7.89. The molecule has 0 amide bonds. The molecule has 2 rings (SSSR count). The Hall–Kier alpha value is -3.04. The fraction of sp³-hybridized carbons (Fsp3) is 0.464. The van der Waals surface area contributed by atoms with Crippen molar-refractivity contribution in [2.75, 3.05) is 13.7 Å². The number of nitrogens with zero attached hydrogens (tertiary/aromatic N) is 1. The Labute approximate surface area is 220 Å². The Bertz CT molecular complexity index is 1200. The van der Waals surface area contributed by atoms with E-state index in [2.05, 4.69) is 9.88 Å². The molecule has 0 radical (unpaired) electrons. The van der Waals surface area contributed by atoms with E-state index < -0.39 is 27.4 Å². The van der Waals surface area contributed by atoms with Crippen LogP contribution in [-0.2, 0) is 35.6 Å². The van der Waals surface area contributed by atoms with Gasteiger partial charge in [-0.05, 0) is 57.7 Å². The van der Waals surface area contributed by atoms with Gasteiger partial charge in [-0.1, -0.05) is 61.0 Å². The number of nitrogens with one attached hydrogen (secondary N) is 1. The van der Waals surface area contributed by atoms with Crippen LogP contribution in [0.2, 0.25) is 0 Å². The molecule has 2 aromatic rings. The van der Waals surface area contributed by atoms with E-state index in [1.165, 1.54) is 7.11 Å². The van der Waals surface area contributed by atoms with Crippen LogP contribution in [0.3, 0.4) is 0 Å². The van der Waals surface area contributed by atoms with Crippen LogP contribution >= 0.6 is 0 Å². The van der Waals surface area contributed by atoms with Crippen molar-refractivity contribution in [2.24, 2.45) is 11.1 Å². The van der Waals surface area contributed by atoms with Gasteiger partial charge in [0.25, 0.3) is 0 Å². The van der Waals surface area contributed by atoms with Crippen molar-refractivity contribution in [1.29, 1.82) is 0 Å². The van der Waals surface area contributed by atoms with E-state index >= 15 is 0 Å². The third-order valence-corrected chi connectivity index (χ3v) is 7.31. The molecule has 8 nitrogen and oxygen atoms in total. The Balaban J connectivity index is 2.42. The Morgan fingerprint density at radius 1 is 1.03 bits per heavy atom. The fourth-order valence-electron chi connectivity index (χ4n) is 3.89. The van der Waals surface area contributed by atoms with Gasteiger partial charge in [0, 0.05) is 17.5 Å². The van der Waals surface area contributed by atoms with E-state index in [-0.39, 0.29) is 29.4 Å². The molecule has 1 N–H and O–H groups in total. The molecule has 1 unspecified atom stereocenters. The molecule has 37 heavy (non-hydrogen) atoms. The average Bonchev–Trinajstić information content (AvgIpc) is 2.83. The summed E-state index contributed by atoms with van der Waals surface area (Å²) in [5, 5.41) is 3.85. The molecular formula is C28H38N2O6S. The van der Waals surface area contributed by atoms with E-state index in [0.717, 1.165) is 12.0 Å². The second-order valence-corrected chi connectivity index (χ2v) is 11.4. The fourth-order valence-corrected chi connectivity index (χ4v) is 5.54. The maximum Gasteiger partial charge on any atom is 0.356 e. The molecule has 202 valence electrons. The maximum absolute atomic E-state index is 13.1. The topological polar surface area (TPSA) is 111 Å². The first-order chi connectivity index (χ1) is 17.4. The van der Waals surface area contributed by atoms with Crippen LogP contribution in [0.25, 0.3) is 11.1 Å².